The summed E-state index contributed by atoms with van der Waals surface area (Å²) in [5.41, 5.74) is 0. The van der Waals surface area contributed by atoms with Crippen LogP contribution in [-0.2, 0) is 50.6 Å². The molecule has 0 heterocycles. The molecule has 0 rings (SSSR count). The molecule has 0 spiro atoms. The molecule has 0 atom stereocenters. The molecule has 32 valence electrons. The van der Waals surface area contributed by atoms with Gasteiger partial charge < -0.3 is 0 Å². The van der Waals surface area contributed by atoms with Crippen LogP contribution in [0.3, 0.4) is 0 Å². The number of rotatable bonds is 0. The Kier molecular flexibility index (Phi) is 143. The maximum atomic E-state index is 0. The predicted molar refractivity (Wildman–Crippen MR) is 5.75 cm³/mol. The number of hydrogen-bond donors (Lipinski definition) is 0. The number of hydrogen-bond acceptors (Lipinski definition) is 0. The second-order valence-corrected chi connectivity index (χ2v) is 0. The summed E-state index contributed by atoms with van der Waals surface area (Å²) >= 11 is 0. The van der Waals surface area contributed by atoms with Crippen molar-refractivity contribution in [3.05, 3.63) is 0 Å². The largest absolute Gasteiger partial charge is 0 e. The van der Waals surface area contributed by atoms with Gasteiger partial charge in [0.2, 0.25) is 0 Å². The Morgan fingerprint density at radius 1 is 1.00 bits per heavy atom. The zero-order chi connectivity index (χ0) is 0. The Hall–Kier alpha value is 2.45. The second kappa shape index (κ2) is 18.0. The molecule has 6 radical (unpaired) electrons. The first-order valence-corrected chi connectivity index (χ1v) is 0. The van der Waals surface area contributed by atoms with Crippen molar-refractivity contribution in [2.24, 2.45) is 0 Å². The van der Waals surface area contributed by atoms with Gasteiger partial charge in [-0.1, -0.05) is 0 Å². The molecule has 0 unspecified atom stereocenters. The Morgan fingerprint density at radius 3 is 1.00 bits per heavy atom. The summed E-state index contributed by atoms with van der Waals surface area (Å²) in [6.07, 6.45) is 0. The van der Waals surface area contributed by atoms with E-state index in [1.54, 1.807) is 0 Å². The van der Waals surface area contributed by atoms with Crippen LogP contribution in [0.2, 0.25) is 0 Å². The van der Waals surface area contributed by atoms with E-state index >= 15 is 0 Å². The third-order valence-electron chi connectivity index (χ3n) is 0. The molecule has 0 fully saturated rings. The van der Waals surface area contributed by atoms with Crippen LogP contribution in [0, 0.1) is 0 Å². The van der Waals surface area contributed by atoms with Crippen molar-refractivity contribution in [3.8, 4) is 0 Å². The Labute approximate surface area is 76.9 Å². The van der Waals surface area contributed by atoms with E-state index in [1.165, 1.54) is 0 Å². The normalized spacial score (nSPS) is 0. The second-order valence-electron chi connectivity index (χ2n) is 0. The summed E-state index contributed by atoms with van der Waals surface area (Å²) in [5.74, 6) is 0. The van der Waals surface area contributed by atoms with Crippen LogP contribution >= 0.6 is 0 Å². The van der Waals surface area contributed by atoms with Gasteiger partial charge in [0.05, 0.1) is 0 Å². The molecule has 0 saturated heterocycles. The molecule has 0 aromatic carbocycles. The van der Waals surface area contributed by atoms with Gasteiger partial charge in [-0.25, -0.2) is 0 Å². The van der Waals surface area contributed by atoms with Crippen LogP contribution in [0.25, 0.3) is 0 Å². The minimum atomic E-state index is 0. The molecule has 0 aliphatic carbocycles. The molecular weight excluding hydrogens is 384 g/mol. The van der Waals surface area contributed by atoms with Gasteiger partial charge in [0, 0.05) is 77.9 Å². The maximum Gasteiger partial charge on any atom is 0 e. The van der Waals surface area contributed by atoms with Gasteiger partial charge in [0.1, 0.15) is 0 Å². The topological polar surface area (TPSA) is 0 Å². The summed E-state index contributed by atoms with van der Waals surface area (Å²) in [6, 6.07) is 0. The van der Waals surface area contributed by atoms with Crippen molar-refractivity contribution >= 4 is 27.3 Å². The molecule has 4 heavy (non-hydrogen) atoms. The Morgan fingerprint density at radius 2 is 1.00 bits per heavy atom. The monoisotopic (exact) mass is 384 g/mol. The first-order valence-electron chi connectivity index (χ1n) is 0. The third kappa shape index (κ3) is 8.82. The molecule has 0 N–H and O–H groups in total. The Balaban J connectivity index is 0. The van der Waals surface area contributed by atoms with E-state index in [9.17, 15) is 0 Å². The van der Waals surface area contributed by atoms with Gasteiger partial charge >= 0.3 is 0 Å². The fourth-order valence-corrected chi connectivity index (χ4v) is 0. The fraction of sp³-hybridized carbons (Fsp3) is 0. The van der Waals surface area contributed by atoms with Crippen LogP contribution in [0.1, 0.15) is 0 Å². The smallest absolute Gasteiger partial charge is 0 e. The molecule has 0 nitrogen and oxygen atoms in total. The van der Waals surface area contributed by atoms with Crippen LogP contribution in [0.4, 0.5) is 0 Å². The molecule has 0 bridgehead atoms. The molecular formula is CuMnNiPb. The molecule has 0 aromatic heterocycles. The van der Waals surface area contributed by atoms with Gasteiger partial charge in [-0.15, -0.1) is 0 Å². The van der Waals surface area contributed by atoms with E-state index in [4.69, 9.17) is 0 Å². The van der Waals surface area contributed by atoms with E-state index in [-0.39, 0.29) is 77.9 Å². The van der Waals surface area contributed by atoms with E-state index in [2.05, 4.69) is 0 Å². The summed E-state index contributed by atoms with van der Waals surface area (Å²) in [4.78, 5) is 0. The van der Waals surface area contributed by atoms with Gasteiger partial charge in [-0.3, -0.25) is 0 Å². The van der Waals surface area contributed by atoms with E-state index < -0.39 is 0 Å². The molecule has 0 saturated carbocycles. The minimum Gasteiger partial charge on any atom is 0 e. The zero-order valence-electron chi connectivity index (χ0n) is 1.50. The van der Waals surface area contributed by atoms with Gasteiger partial charge in [0.15, 0.2) is 0 Å². The van der Waals surface area contributed by atoms with Gasteiger partial charge in [0.25, 0.3) is 0 Å². The zero-order valence-corrected chi connectivity index (χ0v) is 8.49. The molecule has 0 aliphatic rings. The average molecular weight is 384 g/mol. The summed E-state index contributed by atoms with van der Waals surface area (Å²) < 4.78 is 0. The van der Waals surface area contributed by atoms with E-state index in [1.807, 2.05) is 0 Å². The average Bonchev–Trinajstić information content (AvgIpc) is 0. The van der Waals surface area contributed by atoms with E-state index in [0.717, 1.165) is 0 Å². The van der Waals surface area contributed by atoms with Crippen molar-refractivity contribution in [3.63, 3.8) is 0 Å². The minimum absolute atomic E-state index is 0. The van der Waals surface area contributed by atoms with Crippen LogP contribution < -0.4 is 0 Å². The fourth-order valence-electron chi connectivity index (χ4n) is 0. The quantitative estimate of drug-likeness (QED) is 0.500. The summed E-state index contributed by atoms with van der Waals surface area (Å²) in [5, 5.41) is 0. The molecule has 0 aromatic rings. The first-order chi connectivity index (χ1) is 0. The van der Waals surface area contributed by atoms with Crippen molar-refractivity contribution in [2.45, 2.75) is 0 Å². The van der Waals surface area contributed by atoms with Gasteiger partial charge in [-0.05, 0) is 0 Å². The Bertz CT molecular complexity index is 8.00. The maximum absolute atomic E-state index is 0. The predicted octanol–water partition coefficient (Wildman–Crippen LogP) is -0.388. The summed E-state index contributed by atoms with van der Waals surface area (Å²) in [6.45, 7) is 0. The SMILES string of the molecule is [Cu].[Mn].[Ni].[Pb]. The van der Waals surface area contributed by atoms with E-state index in [0.29, 0.717) is 0 Å². The standard InChI is InChI=1S/Cu.Mn.Ni.Pb. The molecule has 0 aliphatic heterocycles. The van der Waals surface area contributed by atoms with Crippen LogP contribution in [0.15, 0.2) is 0 Å². The van der Waals surface area contributed by atoms with Crippen molar-refractivity contribution in [1.82, 2.24) is 0 Å². The van der Waals surface area contributed by atoms with Crippen molar-refractivity contribution in [2.75, 3.05) is 0 Å². The molecule has 0 amide bonds. The first kappa shape index (κ1) is 31.9. The van der Waals surface area contributed by atoms with Gasteiger partial charge in [-0.2, -0.15) is 0 Å². The van der Waals surface area contributed by atoms with Crippen LogP contribution in [0.5, 0.6) is 0 Å². The third-order valence-corrected chi connectivity index (χ3v) is 0. The van der Waals surface area contributed by atoms with Crippen LogP contribution in [-0.4, -0.2) is 27.3 Å². The van der Waals surface area contributed by atoms with Crippen molar-refractivity contribution in [1.29, 1.82) is 0 Å². The molecule has 4 heteroatoms. The summed E-state index contributed by atoms with van der Waals surface area (Å²) in [7, 11) is 0. The van der Waals surface area contributed by atoms with Crippen molar-refractivity contribution < 1.29 is 50.6 Å².